The molecule has 0 bridgehead atoms. The fourth-order valence-corrected chi connectivity index (χ4v) is 4.79. The van der Waals surface area contributed by atoms with E-state index in [1.807, 2.05) is 60.0 Å². The van der Waals surface area contributed by atoms with Crippen LogP contribution in [0.4, 0.5) is 0 Å². The first-order valence-corrected chi connectivity index (χ1v) is 12.1. The topological polar surface area (TPSA) is 91.6 Å². The number of hydrogen-bond donors (Lipinski definition) is 1. The van der Waals surface area contributed by atoms with Crippen LogP contribution in [0.5, 0.6) is 0 Å². The highest BCUT2D eigenvalue weighted by Gasteiger charge is 2.23. The van der Waals surface area contributed by atoms with Gasteiger partial charge in [-0.05, 0) is 27.8 Å². The summed E-state index contributed by atoms with van der Waals surface area (Å²) in [6.45, 7) is 3.20. The van der Waals surface area contributed by atoms with E-state index in [9.17, 15) is 9.59 Å². The molecule has 4 aromatic rings. The molecule has 9 heteroatoms. The SMILES string of the molecule is O=C(Cc1cccc2ccccc12)NCC(=O)N1CCN(Cc2nc(-c3cccs3)no2)CC1. The third-order valence-corrected chi connectivity index (χ3v) is 6.83. The monoisotopic (exact) mass is 475 g/mol. The van der Waals surface area contributed by atoms with Crippen LogP contribution in [0, 0.1) is 0 Å². The number of aromatic nitrogens is 2. The predicted octanol–water partition coefficient (Wildman–Crippen LogP) is 2.95. The lowest BCUT2D eigenvalue weighted by Crippen LogP contribution is -2.51. The Hall–Kier alpha value is -3.56. The maximum Gasteiger partial charge on any atom is 0.242 e. The van der Waals surface area contributed by atoms with Crippen molar-refractivity contribution in [2.75, 3.05) is 32.7 Å². The van der Waals surface area contributed by atoms with E-state index in [-0.39, 0.29) is 24.8 Å². The lowest BCUT2D eigenvalue weighted by Gasteiger charge is -2.34. The summed E-state index contributed by atoms with van der Waals surface area (Å²) in [5.41, 5.74) is 0.958. The van der Waals surface area contributed by atoms with Crippen LogP contribution in [-0.4, -0.2) is 64.5 Å². The fraction of sp³-hybridized carbons (Fsp3) is 0.280. The van der Waals surface area contributed by atoms with Gasteiger partial charge >= 0.3 is 0 Å². The molecule has 2 aromatic heterocycles. The first-order valence-electron chi connectivity index (χ1n) is 11.3. The van der Waals surface area contributed by atoms with Gasteiger partial charge in [-0.3, -0.25) is 14.5 Å². The van der Waals surface area contributed by atoms with Crippen molar-refractivity contribution in [3.05, 3.63) is 71.4 Å². The van der Waals surface area contributed by atoms with Gasteiger partial charge in [-0.25, -0.2) is 0 Å². The molecular weight excluding hydrogens is 450 g/mol. The third-order valence-electron chi connectivity index (χ3n) is 5.96. The smallest absolute Gasteiger partial charge is 0.242 e. The summed E-state index contributed by atoms with van der Waals surface area (Å²) in [5, 5.41) is 11.0. The highest BCUT2D eigenvalue weighted by Crippen LogP contribution is 2.22. The van der Waals surface area contributed by atoms with E-state index in [1.165, 1.54) is 0 Å². The summed E-state index contributed by atoms with van der Waals surface area (Å²) in [6.07, 6.45) is 0.250. The fourth-order valence-electron chi connectivity index (χ4n) is 4.14. The van der Waals surface area contributed by atoms with Gasteiger partial charge in [-0.15, -0.1) is 11.3 Å². The Morgan fingerprint density at radius 2 is 1.82 bits per heavy atom. The number of carbonyl (C=O) groups excluding carboxylic acids is 2. The van der Waals surface area contributed by atoms with Crippen molar-refractivity contribution >= 4 is 33.9 Å². The lowest BCUT2D eigenvalue weighted by atomic mass is 10.0. The highest BCUT2D eigenvalue weighted by atomic mass is 32.1. The van der Waals surface area contributed by atoms with E-state index < -0.39 is 0 Å². The molecule has 0 aliphatic carbocycles. The lowest BCUT2D eigenvalue weighted by molar-refractivity contribution is -0.134. The van der Waals surface area contributed by atoms with Crippen molar-refractivity contribution < 1.29 is 14.1 Å². The molecular formula is C25H25N5O3S. The number of carbonyl (C=O) groups is 2. The molecule has 2 aromatic carbocycles. The molecule has 2 amide bonds. The zero-order valence-electron chi connectivity index (χ0n) is 18.6. The van der Waals surface area contributed by atoms with Gasteiger partial charge in [0, 0.05) is 26.2 Å². The van der Waals surface area contributed by atoms with Crippen LogP contribution in [-0.2, 0) is 22.6 Å². The number of nitrogens with one attached hydrogen (secondary N) is 1. The molecule has 1 aliphatic heterocycles. The predicted molar refractivity (Wildman–Crippen MR) is 130 cm³/mol. The Morgan fingerprint density at radius 1 is 1.00 bits per heavy atom. The van der Waals surface area contributed by atoms with Gasteiger partial charge in [0.1, 0.15) is 0 Å². The largest absolute Gasteiger partial charge is 0.347 e. The van der Waals surface area contributed by atoms with E-state index in [0.29, 0.717) is 44.4 Å². The van der Waals surface area contributed by atoms with E-state index in [2.05, 4.69) is 20.4 Å². The normalized spacial score (nSPS) is 14.4. The van der Waals surface area contributed by atoms with Crippen LogP contribution in [0.2, 0.25) is 0 Å². The molecule has 5 rings (SSSR count). The molecule has 174 valence electrons. The minimum absolute atomic E-state index is 0.0113. The van der Waals surface area contributed by atoms with Crippen LogP contribution in [0.15, 0.2) is 64.5 Å². The Kier molecular flexibility index (Phi) is 6.64. The molecule has 0 saturated carbocycles. The maximum atomic E-state index is 12.6. The van der Waals surface area contributed by atoms with Gasteiger partial charge in [-0.2, -0.15) is 4.98 Å². The zero-order valence-corrected chi connectivity index (χ0v) is 19.5. The van der Waals surface area contributed by atoms with E-state index in [4.69, 9.17) is 4.52 Å². The van der Waals surface area contributed by atoms with Crippen LogP contribution < -0.4 is 5.32 Å². The molecule has 0 spiro atoms. The molecule has 8 nitrogen and oxygen atoms in total. The van der Waals surface area contributed by atoms with Crippen molar-refractivity contribution in [2.45, 2.75) is 13.0 Å². The van der Waals surface area contributed by atoms with Crippen molar-refractivity contribution in [1.29, 1.82) is 0 Å². The van der Waals surface area contributed by atoms with Gasteiger partial charge in [-0.1, -0.05) is 53.7 Å². The Bertz CT molecular complexity index is 1270. The summed E-state index contributed by atoms with van der Waals surface area (Å²) < 4.78 is 5.38. The van der Waals surface area contributed by atoms with Gasteiger partial charge in [0.25, 0.3) is 0 Å². The first kappa shape index (κ1) is 22.2. The van der Waals surface area contributed by atoms with Crippen molar-refractivity contribution in [3.63, 3.8) is 0 Å². The van der Waals surface area contributed by atoms with Crippen LogP contribution in [0.25, 0.3) is 21.5 Å². The van der Waals surface area contributed by atoms with Gasteiger partial charge in [0.2, 0.25) is 23.5 Å². The van der Waals surface area contributed by atoms with Crippen molar-refractivity contribution in [2.24, 2.45) is 0 Å². The Labute approximate surface area is 201 Å². The Balaban J connectivity index is 1.07. The average Bonchev–Trinajstić information content (AvgIpc) is 3.56. The van der Waals surface area contributed by atoms with Crippen molar-refractivity contribution in [3.8, 4) is 10.7 Å². The van der Waals surface area contributed by atoms with Crippen LogP contribution in [0.1, 0.15) is 11.5 Å². The quantitative estimate of drug-likeness (QED) is 0.442. The minimum Gasteiger partial charge on any atom is -0.347 e. The van der Waals surface area contributed by atoms with Gasteiger partial charge in [0.15, 0.2) is 0 Å². The molecule has 0 unspecified atom stereocenters. The number of rotatable bonds is 7. The summed E-state index contributed by atoms with van der Waals surface area (Å²) in [4.78, 5) is 34.5. The van der Waals surface area contributed by atoms with Gasteiger partial charge in [0.05, 0.1) is 24.4 Å². The second-order valence-electron chi connectivity index (χ2n) is 8.24. The summed E-state index contributed by atoms with van der Waals surface area (Å²) in [5.74, 6) is 0.965. The molecule has 34 heavy (non-hydrogen) atoms. The minimum atomic E-state index is -0.152. The van der Waals surface area contributed by atoms with Gasteiger partial charge < -0.3 is 14.7 Å². The van der Waals surface area contributed by atoms with Crippen LogP contribution >= 0.6 is 11.3 Å². The molecule has 0 radical (unpaired) electrons. The second kappa shape index (κ2) is 10.1. The van der Waals surface area contributed by atoms with Crippen molar-refractivity contribution in [1.82, 2.24) is 25.3 Å². The van der Waals surface area contributed by atoms with E-state index in [0.717, 1.165) is 21.2 Å². The summed E-state index contributed by atoms with van der Waals surface area (Å²) in [7, 11) is 0. The number of hydrogen-bond acceptors (Lipinski definition) is 7. The number of benzene rings is 2. The molecule has 3 heterocycles. The Morgan fingerprint density at radius 3 is 2.65 bits per heavy atom. The number of nitrogens with zero attached hydrogens (tertiary/aromatic N) is 4. The third kappa shape index (κ3) is 5.16. The highest BCUT2D eigenvalue weighted by molar-refractivity contribution is 7.13. The van der Waals surface area contributed by atoms with E-state index in [1.54, 1.807) is 16.2 Å². The van der Waals surface area contributed by atoms with Crippen LogP contribution in [0.3, 0.4) is 0 Å². The summed E-state index contributed by atoms with van der Waals surface area (Å²) >= 11 is 1.57. The molecule has 1 N–H and O–H groups in total. The first-order chi connectivity index (χ1) is 16.7. The zero-order chi connectivity index (χ0) is 23.3. The second-order valence-corrected chi connectivity index (χ2v) is 9.19. The number of piperazine rings is 1. The molecule has 1 saturated heterocycles. The molecule has 0 atom stereocenters. The summed E-state index contributed by atoms with van der Waals surface area (Å²) in [6, 6.07) is 17.8. The average molecular weight is 476 g/mol. The maximum absolute atomic E-state index is 12.6. The van der Waals surface area contributed by atoms with E-state index >= 15 is 0 Å². The number of fused-ring (bicyclic) bond motifs is 1. The standard InChI is InChI=1S/C25H25N5O3S/c31-22(15-19-7-3-6-18-5-1-2-8-20(18)19)26-16-24(32)30-12-10-29(11-13-30)17-23-27-25(28-33-23)21-9-4-14-34-21/h1-9,14H,10-13,15-17H2,(H,26,31). The number of thiophene rings is 1. The number of amides is 2. The molecule has 1 aliphatic rings. The molecule has 1 fully saturated rings.